The van der Waals surface area contributed by atoms with Crippen molar-refractivity contribution in [3.8, 4) is 0 Å². The van der Waals surface area contributed by atoms with Gasteiger partial charge in [0, 0.05) is 31.9 Å². The smallest absolute Gasteiger partial charge is 0.0361 e. The van der Waals surface area contributed by atoms with E-state index in [0.717, 1.165) is 6.04 Å². The highest BCUT2D eigenvalue weighted by molar-refractivity contribution is 5.46. The minimum absolute atomic E-state index is 0.687. The molecule has 2 aliphatic heterocycles. The summed E-state index contributed by atoms with van der Waals surface area (Å²) in [7, 11) is 4.20. The molecule has 2 heterocycles. The Morgan fingerprint density at radius 2 is 1.78 bits per heavy atom. The lowest BCUT2D eigenvalue weighted by atomic mass is 10.0. The van der Waals surface area contributed by atoms with Crippen molar-refractivity contribution < 1.29 is 0 Å². The second-order valence-electron chi connectivity index (χ2n) is 5.97. The lowest BCUT2D eigenvalue weighted by Crippen LogP contribution is -2.35. The van der Waals surface area contributed by atoms with Gasteiger partial charge in [0.25, 0.3) is 0 Å². The summed E-state index contributed by atoms with van der Waals surface area (Å²) < 4.78 is 0. The number of fused-ring (bicyclic) bond motifs is 1. The monoisotopic (exact) mass is 244 g/mol. The summed E-state index contributed by atoms with van der Waals surface area (Å²) in [4.78, 5) is 4.93. The predicted molar refractivity (Wildman–Crippen MR) is 77.1 cm³/mol. The highest BCUT2D eigenvalue weighted by atomic mass is 15.2. The molecule has 18 heavy (non-hydrogen) atoms. The summed E-state index contributed by atoms with van der Waals surface area (Å²) >= 11 is 0. The molecule has 1 aromatic rings. The van der Waals surface area contributed by atoms with Crippen LogP contribution in [-0.2, 0) is 0 Å². The highest BCUT2D eigenvalue weighted by Gasteiger charge is 2.35. The zero-order valence-corrected chi connectivity index (χ0v) is 11.6. The van der Waals surface area contributed by atoms with Gasteiger partial charge in [0.2, 0.25) is 0 Å². The normalized spacial score (nSPS) is 28.1. The molecule has 2 unspecified atom stereocenters. The Morgan fingerprint density at radius 3 is 2.50 bits per heavy atom. The molecular weight excluding hydrogens is 220 g/mol. The molecular formula is C16H24N2. The molecule has 2 aliphatic rings. The predicted octanol–water partition coefficient (Wildman–Crippen LogP) is 3.44. The quantitative estimate of drug-likeness (QED) is 0.786. The topological polar surface area (TPSA) is 6.48 Å². The third-order valence-electron chi connectivity index (χ3n) is 4.64. The average molecular weight is 244 g/mol. The summed E-state index contributed by atoms with van der Waals surface area (Å²) in [6.07, 6.45) is 7.01. The van der Waals surface area contributed by atoms with Crippen LogP contribution in [0.15, 0.2) is 24.3 Å². The van der Waals surface area contributed by atoms with Gasteiger partial charge in [-0.05, 0) is 49.9 Å². The average Bonchev–Trinajstić information content (AvgIpc) is 2.82. The Balaban J connectivity index is 1.78. The van der Waals surface area contributed by atoms with Crippen LogP contribution in [0.3, 0.4) is 0 Å². The standard InChI is InChI=1S/C16H24N2/c1-17(2)14-8-6-13(7-9-14)16-11-10-15-5-3-4-12-18(15)16/h6-9,15-16H,3-5,10-12H2,1-2H3. The van der Waals surface area contributed by atoms with E-state index in [1.165, 1.54) is 49.9 Å². The molecule has 1 aromatic carbocycles. The van der Waals surface area contributed by atoms with Crippen LogP contribution < -0.4 is 4.90 Å². The van der Waals surface area contributed by atoms with Gasteiger partial charge < -0.3 is 4.90 Å². The largest absolute Gasteiger partial charge is 0.378 e. The molecule has 0 aromatic heterocycles. The Morgan fingerprint density at radius 1 is 1.00 bits per heavy atom. The van der Waals surface area contributed by atoms with Gasteiger partial charge in [0.1, 0.15) is 0 Å². The van der Waals surface area contributed by atoms with Crippen LogP contribution in [-0.4, -0.2) is 31.6 Å². The first kappa shape index (κ1) is 12.0. The van der Waals surface area contributed by atoms with E-state index in [2.05, 4.69) is 48.2 Å². The molecule has 0 saturated carbocycles. The summed E-state index contributed by atoms with van der Waals surface area (Å²) in [5.41, 5.74) is 2.82. The van der Waals surface area contributed by atoms with Gasteiger partial charge in [-0.1, -0.05) is 18.6 Å². The Hall–Kier alpha value is -1.02. The third-order valence-corrected chi connectivity index (χ3v) is 4.64. The van der Waals surface area contributed by atoms with Crippen molar-refractivity contribution in [3.05, 3.63) is 29.8 Å². The van der Waals surface area contributed by atoms with E-state index in [1.54, 1.807) is 0 Å². The van der Waals surface area contributed by atoms with Crippen LogP contribution >= 0.6 is 0 Å². The minimum Gasteiger partial charge on any atom is -0.378 e. The van der Waals surface area contributed by atoms with Gasteiger partial charge in [-0.25, -0.2) is 0 Å². The SMILES string of the molecule is CN(C)c1ccc(C2CCC3CCCCN32)cc1. The highest BCUT2D eigenvalue weighted by Crippen LogP contribution is 2.40. The van der Waals surface area contributed by atoms with Crippen LogP contribution in [0.5, 0.6) is 0 Å². The molecule has 0 N–H and O–H groups in total. The molecule has 2 saturated heterocycles. The zero-order valence-electron chi connectivity index (χ0n) is 11.6. The van der Waals surface area contributed by atoms with Crippen molar-refractivity contribution >= 4 is 5.69 Å². The fourth-order valence-corrected chi connectivity index (χ4v) is 3.61. The van der Waals surface area contributed by atoms with Crippen LogP contribution in [0.4, 0.5) is 5.69 Å². The summed E-state index contributed by atoms with van der Waals surface area (Å²) in [5.74, 6) is 0. The van der Waals surface area contributed by atoms with E-state index in [1.807, 2.05) is 0 Å². The fourth-order valence-electron chi connectivity index (χ4n) is 3.61. The molecule has 0 amide bonds. The van der Waals surface area contributed by atoms with E-state index in [-0.39, 0.29) is 0 Å². The first-order chi connectivity index (χ1) is 8.75. The molecule has 2 heteroatoms. The van der Waals surface area contributed by atoms with Crippen LogP contribution in [0.1, 0.15) is 43.7 Å². The van der Waals surface area contributed by atoms with Crippen molar-refractivity contribution in [2.24, 2.45) is 0 Å². The Kier molecular flexibility index (Phi) is 3.29. The van der Waals surface area contributed by atoms with Crippen molar-refractivity contribution in [1.82, 2.24) is 4.90 Å². The molecule has 0 bridgehead atoms. The second kappa shape index (κ2) is 4.93. The number of hydrogen-bond acceptors (Lipinski definition) is 2. The van der Waals surface area contributed by atoms with Crippen LogP contribution in [0, 0.1) is 0 Å². The number of nitrogens with zero attached hydrogens (tertiary/aromatic N) is 2. The molecule has 2 atom stereocenters. The van der Waals surface area contributed by atoms with E-state index in [0.29, 0.717) is 6.04 Å². The second-order valence-corrected chi connectivity index (χ2v) is 5.97. The van der Waals surface area contributed by atoms with Crippen LogP contribution in [0.25, 0.3) is 0 Å². The minimum atomic E-state index is 0.687. The van der Waals surface area contributed by atoms with Gasteiger partial charge in [-0.15, -0.1) is 0 Å². The first-order valence-electron chi connectivity index (χ1n) is 7.29. The van der Waals surface area contributed by atoms with Gasteiger partial charge in [-0.2, -0.15) is 0 Å². The van der Waals surface area contributed by atoms with E-state index < -0.39 is 0 Å². The van der Waals surface area contributed by atoms with E-state index in [4.69, 9.17) is 0 Å². The molecule has 98 valence electrons. The number of anilines is 1. The van der Waals surface area contributed by atoms with Gasteiger partial charge >= 0.3 is 0 Å². The molecule has 2 fully saturated rings. The lowest BCUT2D eigenvalue weighted by molar-refractivity contribution is 0.150. The maximum absolute atomic E-state index is 2.76. The van der Waals surface area contributed by atoms with Gasteiger partial charge in [-0.3, -0.25) is 4.90 Å². The van der Waals surface area contributed by atoms with E-state index in [9.17, 15) is 0 Å². The van der Waals surface area contributed by atoms with Crippen molar-refractivity contribution in [2.75, 3.05) is 25.5 Å². The summed E-state index contributed by atoms with van der Waals surface area (Å²) in [5, 5.41) is 0. The maximum atomic E-state index is 2.76. The summed E-state index contributed by atoms with van der Waals surface area (Å²) in [6, 6.07) is 10.7. The Labute approximate surface area is 111 Å². The van der Waals surface area contributed by atoms with Crippen molar-refractivity contribution in [3.63, 3.8) is 0 Å². The fraction of sp³-hybridized carbons (Fsp3) is 0.625. The van der Waals surface area contributed by atoms with E-state index >= 15 is 0 Å². The molecule has 0 radical (unpaired) electrons. The van der Waals surface area contributed by atoms with Crippen LogP contribution in [0.2, 0.25) is 0 Å². The summed E-state index contributed by atoms with van der Waals surface area (Å²) in [6.45, 7) is 1.31. The van der Waals surface area contributed by atoms with Crippen molar-refractivity contribution in [1.29, 1.82) is 0 Å². The Bertz CT molecular complexity index is 396. The molecule has 0 aliphatic carbocycles. The first-order valence-corrected chi connectivity index (χ1v) is 7.29. The molecule has 0 spiro atoms. The maximum Gasteiger partial charge on any atom is 0.0361 e. The number of piperidine rings is 1. The van der Waals surface area contributed by atoms with Gasteiger partial charge in [0.05, 0.1) is 0 Å². The number of rotatable bonds is 2. The lowest BCUT2D eigenvalue weighted by Gasteiger charge is -2.34. The molecule has 2 nitrogen and oxygen atoms in total. The third kappa shape index (κ3) is 2.14. The van der Waals surface area contributed by atoms with Gasteiger partial charge in [0.15, 0.2) is 0 Å². The zero-order chi connectivity index (χ0) is 12.5. The number of hydrogen-bond donors (Lipinski definition) is 0. The van der Waals surface area contributed by atoms with Crippen molar-refractivity contribution in [2.45, 2.75) is 44.2 Å². The number of benzene rings is 1. The molecule has 3 rings (SSSR count).